The van der Waals surface area contributed by atoms with E-state index in [1.54, 1.807) is 18.3 Å². The minimum absolute atomic E-state index is 0.0728. The minimum atomic E-state index is -3.80. The highest BCUT2D eigenvalue weighted by molar-refractivity contribution is 7.52. The number of hydrogen-bond donors (Lipinski definition) is 2. The minimum Gasteiger partial charge on any atom is -0.323 e. The van der Waals surface area contributed by atoms with Gasteiger partial charge in [0.2, 0.25) is 0 Å². The molecule has 0 radical (unpaired) electrons. The first-order valence-electron chi connectivity index (χ1n) is 7.19. The lowest BCUT2D eigenvalue weighted by molar-refractivity contribution is 0.310. The van der Waals surface area contributed by atoms with Crippen molar-refractivity contribution in [2.24, 2.45) is 0 Å². The molecule has 1 unspecified atom stereocenters. The zero-order valence-electron chi connectivity index (χ0n) is 12.6. The maximum atomic E-state index is 12.2. The summed E-state index contributed by atoms with van der Waals surface area (Å²) in [5.41, 5.74) is 5.81. The van der Waals surface area contributed by atoms with Gasteiger partial charge in [0.05, 0.1) is 17.4 Å². The van der Waals surface area contributed by atoms with Gasteiger partial charge in [0.15, 0.2) is 0 Å². The van der Waals surface area contributed by atoms with Crippen LogP contribution in [0.4, 0.5) is 5.69 Å². The quantitative estimate of drug-likeness (QED) is 0.540. The van der Waals surface area contributed by atoms with Crippen molar-refractivity contribution in [2.75, 3.05) is 5.48 Å². The topological polar surface area (TPSA) is 71.5 Å². The molecule has 6 heteroatoms. The van der Waals surface area contributed by atoms with E-state index in [0.717, 1.165) is 22.0 Å². The van der Waals surface area contributed by atoms with Crippen molar-refractivity contribution in [3.8, 4) is 0 Å². The maximum Gasteiger partial charge on any atom is 0.353 e. The number of aromatic nitrogens is 1. The van der Waals surface area contributed by atoms with Gasteiger partial charge in [0.25, 0.3) is 0 Å². The van der Waals surface area contributed by atoms with E-state index in [1.807, 2.05) is 49.4 Å². The summed E-state index contributed by atoms with van der Waals surface area (Å²) in [5, 5.41) is 0.927. The number of fused-ring (bicyclic) bond motifs is 1. The molecule has 2 N–H and O–H groups in total. The van der Waals surface area contributed by atoms with E-state index in [1.165, 1.54) is 0 Å². The largest absolute Gasteiger partial charge is 0.353 e. The second kappa shape index (κ2) is 6.50. The summed E-state index contributed by atoms with van der Waals surface area (Å²) >= 11 is 0. The van der Waals surface area contributed by atoms with Gasteiger partial charge in [-0.15, -0.1) is 0 Å². The average molecular weight is 328 g/mol. The highest BCUT2D eigenvalue weighted by atomic mass is 31.2. The number of pyridine rings is 1. The molecule has 2 aromatic carbocycles. The first-order valence-corrected chi connectivity index (χ1v) is 8.95. The van der Waals surface area contributed by atoms with Gasteiger partial charge in [-0.05, 0) is 48.4 Å². The van der Waals surface area contributed by atoms with Crippen LogP contribution in [-0.4, -0.2) is 9.88 Å². The zero-order chi connectivity index (χ0) is 16.3. The van der Waals surface area contributed by atoms with E-state index in [0.29, 0.717) is 5.69 Å². The first-order chi connectivity index (χ1) is 11.0. The summed E-state index contributed by atoms with van der Waals surface area (Å²) in [6, 6.07) is 16.6. The summed E-state index contributed by atoms with van der Waals surface area (Å²) in [6.45, 7) is 1.94. The molecule has 1 aromatic heterocycles. The van der Waals surface area contributed by atoms with Crippen LogP contribution in [-0.2, 0) is 15.4 Å². The number of benzene rings is 2. The van der Waals surface area contributed by atoms with E-state index in [9.17, 15) is 9.46 Å². The van der Waals surface area contributed by atoms with Gasteiger partial charge in [0.1, 0.15) is 0 Å². The van der Waals surface area contributed by atoms with Crippen LogP contribution in [0.15, 0.2) is 60.8 Å². The summed E-state index contributed by atoms with van der Waals surface area (Å²) < 4.78 is 17.3. The normalized spacial score (nSPS) is 13.7. The molecule has 0 aliphatic heterocycles. The standard InChI is InChI=1S/C17H17N2O3P/c1-13-4-2-6-16(10-13)19-22-23(20,21)12-14-7-8-17-15(11-14)5-3-9-18-17/h2-11,19H,12H2,1H3,(H,20,21). The van der Waals surface area contributed by atoms with Crippen molar-refractivity contribution in [2.45, 2.75) is 13.1 Å². The van der Waals surface area contributed by atoms with Crippen LogP contribution >= 0.6 is 7.60 Å². The molecule has 0 saturated carbocycles. The van der Waals surface area contributed by atoms with Crippen molar-refractivity contribution in [3.05, 3.63) is 71.9 Å². The average Bonchev–Trinajstić information content (AvgIpc) is 2.53. The lowest BCUT2D eigenvalue weighted by Gasteiger charge is -2.14. The van der Waals surface area contributed by atoms with Crippen molar-refractivity contribution >= 4 is 24.2 Å². The lowest BCUT2D eigenvalue weighted by atomic mass is 10.1. The Morgan fingerprint density at radius 1 is 1.17 bits per heavy atom. The van der Waals surface area contributed by atoms with Crippen LogP contribution in [0.5, 0.6) is 0 Å². The molecule has 118 valence electrons. The molecule has 0 aliphatic rings. The highest BCUT2D eigenvalue weighted by Gasteiger charge is 2.21. The van der Waals surface area contributed by atoms with Gasteiger partial charge in [0, 0.05) is 11.6 Å². The Bertz CT molecular complexity index is 882. The van der Waals surface area contributed by atoms with E-state index in [2.05, 4.69) is 10.5 Å². The molecule has 0 bridgehead atoms. The van der Waals surface area contributed by atoms with E-state index in [4.69, 9.17) is 4.62 Å². The van der Waals surface area contributed by atoms with Crippen molar-refractivity contribution < 1.29 is 14.1 Å². The monoisotopic (exact) mass is 328 g/mol. The Balaban J connectivity index is 1.70. The molecule has 0 fully saturated rings. The van der Waals surface area contributed by atoms with Crippen LogP contribution in [0.2, 0.25) is 0 Å². The van der Waals surface area contributed by atoms with Crippen LogP contribution in [0.3, 0.4) is 0 Å². The molecule has 0 spiro atoms. The second-order valence-electron chi connectivity index (χ2n) is 5.39. The maximum absolute atomic E-state index is 12.2. The Morgan fingerprint density at radius 3 is 2.87 bits per heavy atom. The molecule has 0 amide bonds. The molecule has 1 atom stereocenters. The second-order valence-corrected chi connectivity index (χ2v) is 7.16. The third-order valence-electron chi connectivity index (χ3n) is 3.37. The fourth-order valence-corrected chi connectivity index (χ4v) is 3.29. The van der Waals surface area contributed by atoms with Crippen LogP contribution in [0, 0.1) is 6.92 Å². The smallest absolute Gasteiger partial charge is 0.323 e. The van der Waals surface area contributed by atoms with E-state index < -0.39 is 7.60 Å². The van der Waals surface area contributed by atoms with Crippen molar-refractivity contribution in [1.82, 2.24) is 4.98 Å². The number of anilines is 1. The zero-order valence-corrected chi connectivity index (χ0v) is 13.5. The predicted molar refractivity (Wildman–Crippen MR) is 91.2 cm³/mol. The molecule has 23 heavy (non-hydrogen) atoms. The molecule has 3 aromatic rings. The Morgan fingerprint density at radius 2 is 2.04 bits per heavy atom. The molecular formula is C17H17N2O3P. The van der Waals surface area contributed by atoms with Gasteiger partial charge < -0.3 is 4.89 Å². The lowest BCUT2D eigenvalue weighted by Crippen LogP contribution is -2.01. The van der Waals surface area contributed by atoms with Crippen LogP contribution in [0.25, 0.3) is 10.9 Å². The van der Waals surface area contributed by atoms with Gasteiger partial charge in [-0.3, -0.25) is 15.0 Å². The SMILES string of the molecule is Cc1cccc(NOP(=O)(O)Cc2ccc3ncccc3c2)c1. The molecule has 5 nitrogen and oxygen atoms in total. The summed E-state index contributed by atoms with van der Waals surface area (Å²) in [7, 11) is -3.80. The first kappa shape index (κ1) is 15.7. The number of rotatable bonds is 5. The Hall–Kier alpha value is -2.20. The number of hydrogen-bond acceptors (Lipinski definition) is 4. The highest BCUT2D eigenvalue weighted by Crippen LogP contribution is 2.45. The van der Waals surface area contributed by atoms with E-state index in [-0.39, 0.29) is 6.16 Å². The number of aryl methyl sites for hydroxylation is 1. The molecule has 0 aliphatic carbocycles. The number of nitrogens with zero attached hydrogens (tertiary/aromatic N) is 1. The molecule has 3 rings (SSSR count). The summed E-state index contributed by atoms with van der Waals surface area (Å²) in [6.07, 6.45) is 1.64. The fraction of sp³-hybridized carbons (Fsp3) is 0.118. The third kappa shape index (κ3) is 4.17. The molecular weight excluding hydrogens is 311 g/mol. The molecule has 0 saturated heterocycles. The van der Waals surface area contributed by atoms with Crippen molar-refractivity contribution in [3.63, 3.8) is 0 Å². The summed E-state index contributed by atoms with van der Waals surface area (Å²) in [4.78, 5) is 14.3. The van der Waals surface area contributed by atoms with Gasteiger partial charge in [-0.1, -0.05) is 24.3 Å². The van der Waals surface area contributed by atoms with Gasteiger partial charge in [-0.2, -0.15) is 4.62 Å². The van der Waals surface area contributed by atoms with Gasteiger partial charge in [-0.25, -0.2) is 0 Å². The van der Waals surface area contributed by atoms with E-state index >= 15 is 0 Å². The van der Waals surface area contributed by atoms with Crippen molar-refractivity contribution in [1.29, 1.82) is 0 Å². The molecule has 1 heterocycles. The van der Waals surface area contributed by atoms with Crippen LogP contribution < -0.4 is 5.48 Å². The fourth-order valence-electron chi connectivity index (χ4n) is 2.32. The van der Waals surface area contributed by atoms with Crippen LogP contribution in [0.1, 0.15) is 11.1 Å². The Labute approximate surface area is 134 Å². The summed E-state index contributed by atoms with van der Waals surface area (Å²) in [5.74, 6) is 0. The van der Waals surface area contributed by atoms with Gasteiger partial charge >= 0.3 is 7.60 Å². The number of nitrogens with one attached hydrogen (secondary N) is 1. The predicted octanol–water partition coefficient (Wildman–Crippen LogP) is 4.27. The Kier molecular flexibility index (Phi) is 4.44. The third-order valence-corrected chi connectivity index (χ3v) is 4.52.